The summed E-state index contributed by atoms with van der Waals surface area (Å²) < 4.78 is 8.98. The third-order valence-electron chi connectivity index (χ3n) is 0. The van der Waals surface area contributed by atoms with E-state index < -0.39 is 9.07 Å². The Morgan fingerprint density at radius 3 is 1.80 bits per heavy atom. The maximum Gasteiger partial charge on any atom is 2.00 e. The molecule has 0 N–H and O–H groups in total. The van der Waals surface area contributed by atoms with Crippen molar-refractivity contribution >= 4 is 45.3 Å². The molecule has 5 heavy (non-hydrogen) atoms. The molecule has 0 aliphatic rings. The van der Waals surface area contributed by atoms with Gasteiger partial charge in [0.2, 0.25) is 0 Å². The quantitative estimate of drug-likeness (QED) is 0.272. The molecule has 0 aromatic heterocycles. The van der Waals surface area contributed by atoms with E-state index in [4.69, 9.17) is 4.46 Å². The summed E-state index contributed by atoms with van der Waals surface area (Å²) in [6.45, 7) is 0. The van der Waals surface area contributed by atoms with E-state index in [1.165, 1.54) is 0 Å². The summed E-state index contributed by atoms with van der Waals surface area (Å²) in [5, 5.41) is 0. The first-order valence-electron chi connectivity index (χ1n) is 0.569. The van der Waals surface area contributed by atoms with Gasteiger partial charge in [0.05, 0.1) is 0 Å². The fourth-order valence-electron chi connectivity index (χ4n) is 0. The fraction of sp³-hybridized carbons (Fsp3) is 0. The van der Waals surface area contributed by atoms with Crippen LogP contribution in [0.2, 0.25) is 0 Å². The molecule has 0 radical (unpaired) electrons. The average molecular weight is 119 g/mol. The van der Waals surface area contributed by atoms with Gasteiger partial charge in [-0.25, -0.2) is 0 Å². The van der Waals surface area contributed by atoms with Crippen LogP contribution in [-0.4, -0.2) is 36.6 Å². The van der Waals surface area contributed by atoms with Crippen molar-refractivity contribution in [2.45, 2.75) is 0 Å². The molecule has 1 atom stereocenters. The maximum atomic E-state index is 8.98. The predicted molar refractivity (Wildman–Crippen MR) is 35.5 cm³/mol. The standard InChI is InChI=1S/Al.Be.H3OPSi.5H/c;;1-3-2;;;;;/h;;3H,2H2;;;;;/q;+2;;;;;2*-1. The molecular weight excluding hydrogens is 111 g/mol. The van der Waals surface area contributed by atoms with Crippen LogP contribution in [0, 0.1) is 0 Å². The van der Waals surface area contributed by atoms with Gasteiger partial charge in [-0.15, -0.1) is 0 Å². The molecule has 0 saturated carbocycles. The smallest absolute Gasteiger partial charge is 1.00 e. The van der Waals surface area contributed by atoms with E-state index in [-0.39, 0.29) is 30.3 Å². The molecular formula is H8AlBeOPSi. The topological polar surface area (TPSA) is 17.1 Å². The van der Waals surface area contributed by atoms with Crippen molar-refractivity contribution in [1.29, 1.82) is 0 Å². The largest absolute Gasteiger partial charge is 2.00 e. The van der Waals surface area contributed by atoms with Crippen molar-refractivity contribution in [3.05, 3.63) is 0 Å². The molecule has 0 aliphatic heterocycles. The van der Waals surface area contributed by atoms with Gasteiger partial charge in [-0.05, 0) is 0 Å². The van der Waals surface area contributed by atoms with E-state index in [0.29, 0.717) is 0 Å². The van der Waals surface area contributed by atoms with Crippen molar-refractivity contribution in [2.75, 3.05) is 0 Å². The zero-order chi connectivity index (χ0) is 2.71. The summed E-state index contributed by atoms with van der Waals surface area (Å²) in [5.74, 6) is 0. The summed E-state index contributed by atoms with van der Waals surface area (Å²) in [6.07, 6.45) is 0. The van der Waals surface area contributed by atoms with Crippen LogP contribution in [0.5, 0.6) is 0 Å². The van der Waals surface area contributed by atoms with Crippen LogP contribution in [-0.2, 0) is 4.46 Å². The van der Waals surface area contributed by atoms with Crippen LogP contribution in [0.15, 0.2) is 0 Å². The molecule has 0 aliphatic carbocycles. The second-order valence-corrected chi connectivity index (χ2v) is 1.22. The first kappa shape index (κ1) is 16.4. The van der Waals surface area contributed by atoms with Crippen molar-refractivity contribution in [3.8, 4) is 0 Å². The number of hydrogen-bond acceptors (Lipinski definition) is 1. The fourth-order valence-corrected chi connectivity index (χ4v) is 0. The molecule has 0 aromatic rings. The predicted octanol–water partition coefficient (Wildman–Crippen LogP) is -1.78. The van der Waals surface area contributed by atoms with Crippen molar-refractivity contribution in [2.24, 2.45) is 0 Å². The first-order chi connectivity index (χ1) is 1.41. The van der Waals surface area contributed by atoms with E-state index in [1.807, 2.05) is 0 Å². The molecule has 0 heterocycles. The Hall–Kier alpha value is 1.15. The van der Waals surface area contributed by atoms with Crippen LogP contribution in [0.25, 0.3) is 0 Å². The summed E-state index contributed by atoms with van der Waals surface area (Å²) in [4.78, 5) is 0. The van der Waals surface area contributed by atoms with Gasteiger partial charge >= 0.3 is 10.1 Å². The average Bonchev–Trinajstić information content (AvgIpc) is 0.918. The molecule has 0 bridgehead atoms. The minimum atomic E-state index is -0.583. The van der Waals surface area contributed by atoms with Crippen molar-refractivity contribution in [1.82, 2.24) is 0 Å². The second-order valence-electron chi connectivity index (χ2n) is 0.136. The van der Waals surface area contributed by atoms with Crippen LogP contribution in [0.4, 0.5) is 0 Å². The molecule has 5 heteroatoms. The number of hydrogen-bond donors (Lipinski definition) is 0. The van der Waals surface area contributed by atoms with E-state index >= 15 is 0 Å². The van der Waals surface area contributed by atoms with Crippen molar-refractivity contribution in [3.63, 3.8) is 0 Å². The Balaban J connectivity index is -0.00000000333. The molecule has 0 fully saturated rings. The Morgan fingerprint density at radius 1 is 1.80 bits per heavy atom. The van der Waals surface area contributed by atoms with Gasteiger partial charge in [0.15, 0.2) is 17.4 Å². The zero-order valence-corrected chi connectivity index (χ0v) is 4.58. The van der Waals surface area contributed by atoms with Gasteiger partial charge in [0.1, 0.15) is 0 Å². The summed E-state index contributed by atoms with van der Waals surface area (Å²) >= 11 is 0. The van der Waals surface area contributed by atoms with Gasteiger partial charge in [-0.1, -0.05) is 8.79 Å². The maximum absolute atomic E-state index is 8.98. The normalized spacial score (nSPS) is 2.60. The van der Waals surface area contributed by atoms with Crippen LogP contribution < -0.4 is 0 Å². The van der Waals surface area contributed by atoms with Gasteiger partial charge < -0.3 is 7.32 Å². The zero-order valence-electron chi connectivity index (χ0n) is 4.27. The van der Waals surface area contributed by atoms with Gasteiger partial charge in [0, 0.05) is 0 Å². The third kappa shape index (κ3) is 38.7. The molecule has 0 rings (SSSR count). The summed E-state index contributed by atoms with van der Waals surface area (Å²) in [6, 6.07) is 0. The minimum Gasteiger partial charge on any atom is -1.00 e. The van der Waals surface area contributed by atoms with E-state index in [0.717, 1.165) is 0 Å². The minimum absolute atomic E-state index is 0. The second kappa shape index (κ2) is 19.2. The van der Waals surface area contributed by atoms with Gasteiger partial charge in [-0.3, -0.25) is 0 Å². The van der Waals surface area contributed by atoms with Crippen molar-refractivity contribution < 1.29 is 7.32 Å². The van der Waals surface area contributed by atoms with Crippen LogP contribution in [0.1, 0.15) is 2.85 Å². The monoisotopic (exact) mass is 119 g/mol. The van der Waals surface area contributed by atoms with Crippen LogP contribution >= 0.6 is 8.79 Å². The Labute approximate surface area is 53.2 Å². The molecule has 0 spiro atoms. The SMILES string of the molecule is O=[SiH]P.[AlH3].[Be+2].[H-].[H-]. The molecule has 1 unspecified atom stereocenters. The third-order valence-corrected chi connectivity index (χ3v) is 0. The number of rotatable bonds is 0. The Morgan fingerprint density at radius 2 is 1.80 bits per heavy atom. The van der Waals surface area contributed by atoms with Crippen LogP contribution in [0.3, 0.4) is 0 Å². The van der Waals surface area contributed by atoms with E-state index in [1.54, 1.807) is 0 Å². The van der Waals surface area contributed by atoms with E-state index in [9.17, 15) is 0 Å². The van der Waals surface area contributed by atoms with Gasteiger partial charge in [-0.2, -0.15) is 0 Å². The first-order valence-corrected chi connectivity index (χ1v) is 3.71. The molecule has 1 nitrogen and oxygen atoms in total. The van der Waals surface area contributed by atoms with E-state index in [2.05, 4.69) is 8.79 Å². The molecule has 0 saturated heterocycles. The summed E-state index contributed by atoms with van der Waals surface area (Å²) in [5.41, 5.74) is 0. The summed E-state index contributed by atoms with van der Waals surface area (Å²) in [7, 11) is 1.52. The molecule has 0 amide bonds. The Kier molecular flexibility index (Phi) is 63.1. The molecule has 28 valence electrons. The van der Waals surface area contributed by atoms with Gasteiger partial charge in [0.25, 0.3) is 9.07 Å². The Bertz CT molecular complexity index is 25.2. The molecule has 0 aromatic carbocycles.